The quantitative estimate of drug-likeness (QED) is 0.516. The first-order valence-corrected chi connectivity index (χ1v) is 7.46. The maximum absolute atomic E-state index is 11.6. The first-order valence-electron chi connectivity index (χ1n) is 7.46. The largest absolute Gasteiger partial charge is 0.493 e. The minimum Gasteiger partial charge on any atom is -0.493 e. The summed E-state index contributed by atoms with van der Waals surface area (Å²) in [6.07, 6.45) is -4.63. The molecule has 1 aromatic carbocycles. The molecule has 2 rings (SSSR count). The van der Waals surface area contributed by atoms with Crippen molar-refractivity contribution in [2.75, 3.05) is 14.2 Å². The van der Waals surface area contributed by atoms with Crippen LogP contribution in [-0.4, -0.2) is 70.5 Å². The number of hydrogen-bond donors (Lipinski definition) is 4. The van der Waals surface area contributed by atoms with E-state index in [1.807, 2.05) is 0 Å². The third kappa shape index (κ3) is 3.84. The van der Waals surface area contributed by atoms with Crippen LogP contribution >= 0.6 is 0 Å². The monoisotopic (exact) mass is 356 g/mol. The number of carbonyl (C=O) groups excluding carboxylic acids is 1. The summed E-state index contributed by atoms with van der Waals surface area (Å²) in [6, 6.07) is 3.86. The number of aromatic carboxylic acids is 1. The van der Waals surface area contributed by atoms with E-state index in [9.17, 15) is 24.9 Å². The van der Waals surface area contributed by atoms with Gasteiger partial charge in [-0.3, -0.25) is 0 Å². The second-order valence-corrected chi connectivity index (χ2v) is 5.82. The number of carbonyl (C=O) groups is 2. The number of benzene rings is 1. The summed E-state index contributed by atoms with van der Waals surface area (Å²) in [5.41, 5.74) is -2.03. The molecular weight excluding hydrogens is 336 g/mol. The number of methoxy groups -OCH3 is 2. The fourth-order valence-corrected chi connectivity index (χ4v) is 2.82. The second-order valence-electron chi connectivity index (χ2n) is 5.82. The number of aliphatic hydroxyl groups excluding tert-OH is 2. The van der Waals surface area contributed by atoms with E-state index in [4.69, 9.17) is 14.6 Å². The maximum Gasteiger partial charge on any atom is 0.338 e. The van der Waals surface area contributed by atoms with Gasteiger partial charge in [-0.1, -0.05) is 0 Å². The summed E-state index contributed by atoms with van der Waals surface area (Å²) in [5.74, 6) is -1.88. The van der Waals surface area contributed by atoms with E-state index in [1.165, 1.54) is 25.3 Å². The number of ether oxygens (including phenoxy) is 3. The van der Waals surface area contributed by atoms with Crippen molar-refractivity contribution in [3.8, 4) is 11.5 Å². The van der Waals surface area contributed by atoms with Gasteiger partial charge in [0.2, 0.25) is 0 Å². The first kappa shape index (κ1) is 19.0. The summed E-state index contributed by atoms with van der Waals surface area (Å²) in [5, 5.41) is 39.6. The predicted molar refractivity (Wildman–Crippen MR) is 82.6 cm³/mol. The van der Waals surface area contributed by atoms with Crippen LogP contribution in [0.4, 0.5) is 0 Å². The summed E-state index contributed by atoms with van der Waals surface area (Å²) in [6.45, 7) is 0. The summed E-state index contributed by atoms with van der Waals surface area (Å²) in [4.78, 5) is 22.6. The van der Waals surface area contributed by atoms with Gasteiger partial charge in [0, 0.05) is 12.8 Å². The Hall–Kier alpha value is -2.36. The van der Waals surface area contributed by atoms with Crippen LogP contribution in [0.3, 0.4) is 0 Å². The molecule has 0 aromatic heterocycles. The highest BCUT2D eigenvalue weighted by Crippen LogP contribution is 2.35. The van der Waals surface area contributed by atoms with Crippen molar-refractivity contribution in [3.63, 3.8) is 0 Å². The second kappa shape index (κ2) is 7.26. The first-order chi connectivity index (χ1) is 11.7. The molecule has 0 heterocycles. The molecule has 0 spiro atoms. The van der Waals surface area contributed by atoms with Crippen molar-refractivity contribution in [1.29, 1.82) is 0 Å². The van der Waals surface area contributed by atoms with Crippen LogP contribution in [0.5, 0.6) is 11.5 Å². The van der Waals surface area contributed by atoms with E-state index in [2.05, 4.69) is 4.74 Å². The van der Waals surface area contributed by atoms with Gasteiger partial charge >= 0.3 is 11.9 Å². The Balaban J connectivity index is 2.21. The van der Waals surface area contributed by atoms with E-state index >= 15 is 0 Å². The lowest BCUT2D eigenvalue weighted by Gasteiger charge is -2.40. The molecule has 1 aliphatic carbocycles. The lowest BCUT2D eigenvalue weighted by Crippen LogP contribution is -2.58. The van der Waals surface area contributed by atoms with Gasteiger partial charge in [0.1, 0.15) is 0 Å². The van der Waals surface area contributed by atoms with E-state index in [1.54, 1.807) is 0 Å². The Labute approximate surface area is 143 Å². The molecular formula is C16H20O9. The minimum atomic E-state index is -2.01. The van der Waals surface area contributed by atoms with Gasteiger partial charge in [-0.2, -0.15) is 0 Å². The normalized spacial score (nSPS) is 28.9. The third-order valence-electron chi connectivity index (χ3n) is 4.09. The van der Waals surface area contributed by atoms with Crippen molar-refractivity contribution in [3.05, 3.63) is 23.8 Å². The van der Waals surface area contributed by atoms with Gasteiger partial charge in [-0.15, -0.1) is 0 Å². The standard InChI is InChI=1S/C16H20O9/c1-23-12-5-8(14(19)20)3-4-11(12)25-13-9(17)6-16(22,7-10(13)18)15(21)24-2/h3-5,9-10,13,17-18,22H,6-7H2,1-2H3,(H,19,20)/t9-,10-,13?,16?/m1/s1. The number of carboxylic acids is 1. The molecule has 0 bridgehead atoms. The predicted octanol–water partition coefficient (Wildman–Crippen LogP) is -0.440. The Morgan fingerprint density at radius 3 is 2.20 bits per heavy atom. The average Bonchev–Trinajstić information content (AvgIpc) is 2.57. The zero-order chi connectivity index (χ0) is 18.8. The Bertz CT molecular complexity index is 645. The van der Waals surface area contributed by atoms with E-state index in [0.29, 0.717) is 0 Å². The lowest BCUT2D eigenvalue weighted by molar-refractivity contribution is -0.187. The molecule has 9 nitrogen and oxygen atoms in total. The molecule has 0 amide bonds. The summed E-state index contributed by atoms with van der Waals surface area (Å²) >= 11 is 0. The molecule has 0 saturated heterocycles. The van der Waals surface area contributed by atoms with E-state index in [0.717, 1.165) is 7.11 Å². The Morgan fingerprint density at radius 1 is 1.12 bits per heavy atom. The van der Waals surface area contributed by atoms with Gasteiger partial charge in [0.25, 0.3) is 0 Å². The molecule has 4 N–H and O–H groups in total. The fourth-order valence-electron chi connectivity index (χ4n) is 2.82. The topological polar surface area (TPSA) is 143 Å². The maximum atomic E-state index is 11.6. The van der Waals surface area contributed by atoms with Gasteiger partial charge in [0.05, 0.1) is 32.0 Å². The Kier molecular flexibility index (Phi) is 5.51. The number of rotatable bonds is 5. The van der Waals surface area contributed by atoms with Gasteiger partial charge < -0.3 is 34.6 Å². The van der Waals surface area contributed by atoms with Gasteiger partial charge in [-0.25, -0.2) is 9.59 Å². The zero-order valence-electron chi connectivity index (χ0n) is 13.7. The molecule has 1 aliphatic rings. The van der Waals surface area contributed by atoms with Crippen LogP contribution in [0.25, 0.3) is 0 Å². The van der Waals surface area contributed by atoms with Crippen molar-refractivity contribution in [2.24, 2.45) is 0 Å². The van der Waals surface area contributed by atoms with Crippen molar-refractivity contribution in [2.45, 2.75) is 36.8 Å². The smallest absolute Gasteiger partial charge is 0.338 e. The van der Waals surface area contributed by atoms with Crippen molar-refractivity contribution in [1.82, 2.24) is 0 Å². The molecule has 1 aromatic rings. The summed E-state index contributed by atoms with van der Waals surface area (Å²) < 4.78 is 15.1. The highest BCUT2D eigenvalue weighted by atomic mass is 16.5. The number of aliphatic hydroxyl groups is 3. The van der Waals surface area contributed by atoms with Gasteiger partial charge in [0.15, 0.2) is 23.2 Å². The molecule has 9 heteroatoms. The zero-order valence-corrected chi connectivity index (χ0v) is 13.7. The molecule has 25 heavy (non-hydrogen) atoms. The molecule has 0 radical (unpaired) electrons. The minimum absolute atomic E-state index is 0.0194. The van der Waals surface area contributed by atoms with Crippen LogP contribution in [0.2, 0.25) is 0 Å². The summed E-state index contributed by atoms with van der Waals surface area (Å²) in [7, 11) is 2.41. The van der Waals surface area contributed by atoms with E-state index < -0.39 is 35.9 Å². The molecule has 138 valence electrons. The molecule has 0 unspecified atom stereocenters. The highest BCUT2D eigenvalue weighted by molar-refractivity contribution is 5.88. The van der Waals surface area contributed by atoms with Crippen LogP contribution < -0.4 is 9.47 Å². The molecule has 1 saturated carbocycles. The number of hydrogen-bond acceptors (Lipinski definition) is 8. The highest BCUT2D eigenvalue weighted by Gasteiger charge is 2.50. The van der Waals surface area contributed by atoms with Crippen molar-refractivity contribution >= 4 is 11.9 Å². The van der Waals surface area contributed by atoms with Crippen molar-refractivity contribution < 1.29 is 44.2 Å². The van der Waals surface area contributed by atoms with E-state index in [-0.39, 0.29) is 29.9 Å². The average molecular weight is 356 g/mol. The van der Waals surface area contributed by atoms with Crippen LogP contribution in [0, 0.1) is 0 Å². The van der Waals surface area contributed by atoms with Crippen LogP contribution in [-0.2, 0) is 9.53 Å². The van der Waals surface area contributed by atoms with Gasteiger partial charge in [-0.05, 0) is 18.2 Å². The fraction of sp³-hybridized carbons (Fsp3) is 0.500. The number of carboxylic acid groups (broad SMARTS) is 1. The molecule has 1 fully saturated rings. The Morgan fingerprint density at radius 2 is 1.72 bits per heavy atom. The molecule has 2 atom stereocenters. The third-order valence-corrected chi connectivity index (χ3v) is 4.09. The van der Waals surface area contributed by atoms with Crippen LogP contribution in [0.15, 0.2) is 18.2 Å². The SMILES string of the molecule is COC(=O)C1(O)C[C@@H](O)C(Oc2ccc(C(=O)O)cc2OC)[C@H](O)C1. The van der Waals surface area contributed by atoms with Crippen LogP contribution in [0.1, 0.15) is 23.2 Å². The number of esters is 1. The molecule has 0 aliphatic heterocycles. The lowest BCUT2D eigenvalue weighted by atomic mass is 9.79.